The van der Waals surface area contributed by atoms with Crippen molar-refractivity contribution in [3.05, 3.63) is 47.8 Å². The van der Waals surface area contributed by atoms with Crippen molar-refractivity contribution in [2.24, 2.45) is 7.05 Å². The first-order valence-corrected chi connectivity index (χ1v) is 8.51. The number of carbonyl (C=O) groups is 2. The molecule has 2 unspecified atom stereocenters. The average molecular weight is 414 g/mol. The van der Waals surface area contributed by atoms with Crippen LogP contribution in [0.1, 0.15) is 17.2 Å². The second-order valence-corrected chi connectivity index (χ2v) is 6.15. The Morgan fingerprint density at radius 3 is 2.38 bits per heavy atom. The summed E-state index contributed by atoms with van der Waals surface area (Å²) in [4.78, 5) is 24.8. The van der Waals surface area contributed by atoms with E-state index in [-0.39, 0.29) is 12.2 Å². The van der Waals surface area contributed by atoms with E-state index in [0.29, 0.717) is 11.1 Å². The highest BCUT2D eigenvalue weighted by Crippen LogP contribution is 2.23. The molecular weight excluding hydrogens is 393 g/mol. The van der Waals surface area contributed by atoms with Gasteiger partial charge in [-0.1, -0.05) is 12.1 Å². The molecule has 0 bridgehead atoms. The molecule has 2 N–H and O–H groups in total. The zero-order valence-electron chi connectivity index (χ0n) is 16.0. The van der Waals surface area contributed by atoms with Gasteiger partial charge in [-0.2, -0.15) is 5.10 Å². The van der Waals surface area contributed by atoms with Crippen LogP contribution in [0.25, 0.3) is 0 Å². The molecule has 2 aromatic rings. The van der Waals surface area contributed by atoms with Gasteiger partial charge in [0, 0.05) is 25.2 Å². The van der Waals surface area contributed by atoms with Crippen LogP contribution >= 0.6 is 0 Å². The highest BCUT2D eigenvalue weighted by molar-refractivity contribution is 5.88. The fourth-order valence-corrected chi connectivity index (χ4v) is 2.69. The SMILES string of the molecule is CNC(C(=O)NC(Cc1ccc(OC(F)(F)F)cc1)C(=O)OC)c1cnn(C)c1. The molecule has 0 aliphatic carbocycles. The monoisotopic (exact) mass is 414 g/mol. The third-order valence-corrected chi connectivity index (χ3v) is 4.01. The van der Waals surface area contributed by atoms with Crippen molar-refractivity contribution in [1.82, 2.24) is 20.4 Å². The fourth-order valence-electron chi connectivity index (χ4n) is 2.69. The van der Waals surface area contributed by atoms with Crippen LogP contribution in [-0.2, 0) is 27.8 Å². The van der Waals surface area contributed by atoms with Crippen molar-refractivity contribution < 1.29 is 32.2 Å². The largest absolute Gasteiger partial charge is 0.573 e. The van der Waals surface area contributed by atoms with Crippen LogP contribution in [0.2, 0.25) is 0 Å². The smallest absolute Gasteiger partial charge is 0.467 e. The summed E-state index contributed by atoms with van der Waals surface area (Å²) in [5.41, 5.74) is 1.11. The lowest BCUT2D eigenvalue weighted by atomic mass is 10.0. The fraction of sp³-hybridized carbons (Fsp3) is 0.389. The van der Waals surface area contributed by atoms with Crippen LogP contribution < -0.4 is 15.4 Å². The zero-order chi connectivity index (χ0) is 21.6. The predicted octanol–water partition coefficient (Wildman–Crippen LogP) is 1.48. The number of nitrogens with zero attached hydrogens (tertiary/aromatic N) is 2. The number of rotatable bonds is 8. The van der Waals surface area contributed by atoms with E-state index in [9.17, 15) is 22.8 Å². The first-order valence-electron chi connectivity index (χ1n) is 8.51. The molecule has 11 heteroatoms. The molecule has 0 spiro atoms. The van der Waals surface area contributed by atoms with Crippen LogP contribution in [0.4, 0.5) is 13.2 Å². The molecule has 158 valence electrons. The van der Waals surface area contributed by atoms with Crippen molar-refractivity contribution in [2.45, 2.75) is 24.9 Å². The number of carbonyl (C=O) groups excluding carboxylic acids is 2. The molecular formula is C18H21F3N4O4. The Morgan fingerprint density at radius 1 is 1.24 bits per heavy atom. The highest BCUT2D eigenvalue weighted by Gasteiger charge is 2.31. The zero-order valence-corrected chi connectivity index (χ0v) is 16.0. The number of nitrogens with one attached hydrogen (secondary N) is 2. The summed E-state index contributed by atoms with van der Waals surface area (Å²) in [6.45, 7) is 0. The lowest BCUT2D eigenvalue weighted by Gasteiger charge is -2.20. The molecule has 0 fully saturated rings. The second-order valence-electron chi connectivity index (χ2n) is 6.15. The molecule has 1 aromatic carbocycles. The quantitative estimate of drug-likeness (QED) is 0.636. The van der Waals surface area contributed by atoms with Gasteiger partial charge >= 0.3 is 12.3 Å². The Balaban J connectivity index is 2.11. The van der Waals surface area contributed by atoms with E-state index in [1.165, 1.54) is 30.1 Å². The van der Waals surface area contributed by atoms with Gasteiger partial charge in [-0.25, -0.2) is 4.79 Å². The van der Waals surface area contributed by atoms with Gasteiger partial charge in [0.1, 0.15) is 17.8 Å². The van der Waals surface area contributed by atoms with Crippen molar-refractivity contribution in [3.8, 4) is 5.75 Å². The molecule has 1 heterocycles. The number of halogens is 3. The Labute approximate surface area is 165 Å². The summed E-state index contributed by atoms with van der Waals surface area (Å²) in [5.74, 6) is -1.55. The maximum atomic E-state index is 12.7. The van der Waals surface area contributed by atoms with Crippen molar-refractivity contribution in [2.75, 3.05) is 14.2 Å². The number of likely N-dealkylation sites (N-methyl/N-ethyl adjacent to an activating group) is 1. The van der Waals surface area contributed by atoms with Crippen LogP contribution in [0.5, 0.6) is 5.75 Å². The maximum absolute atomic E-state index is 12.7. The third-order valence-electron chi connectivity index (χ3n) is 4.01. The van der Waals surface area contributed by atoms with Gasteiger partial charge in [0.15, 0.2) is 0 Å². The molecule has 0 aliphatic rings. The van der Waals surface area contributed by atoms with Crippen molar-refractivity contribution in [3.63, 3.8) is 0 Å². The van der Waals surface area contributed by atoms with Gasteiger partial charge in [0.2, 0.25) is 5.91 Å². The number of aryl methyl sites for hydroxylation is 1. The number of aromatic nitrogens is 2. The van der Waals surface area contributed by atoms with Gasteiger partial charge in [-0.15, -0.1) is 13.2 Å². The minimum atomic E-state index is -4.79. The molecule has 8 nitrogen and oxygen atoms in total. The van der Waals surface area contributed by atoms with E-state index in [1.54, 1.807) is 20.3 Å². The van der Waals surface area contributed by atoms with E-state index in [2.05, 4.69) is 20.5 Å². The van der Waals surface area contributed by atoms with Crippen LogP contribution in [0.15, 0.2) is 36.7 Å². The Kier molecular flexibility index (Phi) is 7.21. The average Bonchev–Trinajstić information content (AvgIpc) is 3.07. The highest BCUT2D eigenvalue weighted by atomic mass is 19.4. The topological polar surface area (TPSA) is 94.5 Å². The first-order chi connectivity index (χ1) is 13.6. The summed E-state index contributed by atoms with van der Waals surface area (Å²) >= 11 is 0. The first kappa shape index (κ1) is 22.2. The second kappa shape index (κ2) is 9.41. The number of amides is 1. The van der Waals surface area contributed by atoms with E-state index >= 15 is 0 Å². The van der Waals surface area contributed by atoms with Gasteiger partial charge in [-0.3, -0.25) is 9.48 Å². The molecule has 1 amide bonds. The molecule has 0 saturated heterocycles. The Morgan fingerprint density at radius 2 is 1.90 bits per heavy atom. The predicted molar refractivity (Wildman–Crippen MR) is 95.8 cm³/mol. The number of ether oxygens (including phenoxy) is 2. The van der Waals surface area contributed by atoms with E-state index in [1.807, 2.05) is 0 Å². The number of esters is 1. The minimum absolute atomic E-state index is 0.0220. The Bertz CT molecular complexity index is 836. The summed E-state index contributed by atoms with van der Waals surface area (Å²) < 4.78 is 46.9. The van der Waals surface area contributed by atoms with Crippen molar-refractivity contribution in [1.29, 1.82) is 0 Å². The van der Waals surface area contributed by atoms with Crippen LogP contribution in [0.3, 0.4) is 0 Å². The molecule has 0 aliphatic heterocycles. The van der Waals surface area contributed by atoms with E-state index < -0.39 is 30.3 Å². The van der Waals surface area contributed by atoms with E-state index in [0.717, 1.165) is 12.1 Å². The van der Waals surface area contributed by atoms with Crippen LogP contribution in [-0.4, -0.2) is 48.2 Å². The standard InChI is InChI=1S/C18H21F3N4O4/c1-22-15(12-9-23-25(2)10-12)16(26)24-14(17(27)28-3)8-11-4-6-13(7-5-11)29-18(19,20)21/h4-7,9-10,14-15,22H,8H2,1-3H3,(H,24,26). The number of hydrogen-bond acceptors (Lipinski definition) is 6. The molecule has 0 radical (unpaired) electrons. The third kappa shape index (κ3) is 6.49. The van der Waals surface area contributed by atoms with E-state index in [4.69, 9.17) is 4.74 Å². The number of methoxy groups -OCH3 is 1. The Hall–Kier alpha value is -3.08. The van der Waals surface area contributed by atoms with Crippen LogP contribution in [0, 0.1) is 0 Å². The normalized spacial score (nSPS) is 13.4. The van der Waals surface area contributed by atoms with Gasteiger partial charge < -0.3 is 20.1 Å². The molecule has 2 atom stereocenters. The summed E-state index contributed by atoms with van der Waals surface area (Å²) in [5, 5.41) is 9.46. The van der Waals surface area contributed by atoms with Gasteiger partial charge in [0.25, 0.3) is 0 Å². The summed E-state index contributed by atoms with van der Waals surface area (Å²) in [6, 6.07) is 3.23. The molecule has 0 saturated carbocycles. The summed E-state index contributed by atoms with van der Waals surface area (Å²) in [7, 11) is 4.47. The minimum Gasteiger partial charge on any atom is -0.467 e. The lowest BCUT2D eigenvalue weighted by Crippen LogP contribution is -2.47. The van der Waals surface area contributed by atoms with Gasteiger partial charge in [-0.05, 0) is 24.7 Å². The number of benzene rings is 1. The maximum Gasteiger partial charge on any atom is 0.573 e. The van der Waals surface area contributed by atoms with Crippen molar-refractivity contribution >= 4 is 11.9 Å². The lowest BCUT2D eigenvalue weighted by molar-refractivity contribution is -0.274. The molecule has 2 rings (SSSR count). The number of alkyl halides is 3. The van der Waals surface area contributed by atoms with Gasteiger partial charge in [0.05, 0.1) is 13.3 Å². The summed E-state index contributed by atoms with van der Waals surface area (Å²) in [6.07, 6.45) is -1.59. The molecule has 1 aromatic heterocycles. The molecule has 29 heavy (non-hydrogen) atoms. The number of hydrogen-bond donors (Lipinski definition) is 2.